The van der Waals surface area contributed by atoms with Gasteiger partial charge < -0.3 is 0 Å². The maximum Gasteiger partial charge on any atom is 0.137 e. The first-order valence-electron chi connectivity index (χ1n) is 4.90. The highest BCUT2D eigenvalue weighted by Crippen LogP contribution is 2.40. The van der Waals surface area contributed by atoms with Crippen LogP contribution >= 0.6 is 0 Å². The average molecular weight is 178 g/mol. The third kappa shape index (κ3) is 1.34. The monoisotopic (exact) mass is 178 g/mol. The molecule has 0 aliphatic heterocycles. The number of allylic oxidation sites excluding steroid dienone is 2. The lowest BCUT2D eigenvalue weighted by Gasteiger charge is -2.26. The Morgan fingerprint density at radius 1 is 1.54 bits per heavy atom. The summed E-state index contributed by atoms with van der Waals surface area (Å²) in [4.78, 5) is 22.8. The molecule has 3 atom stereocenters. The van der Waals surface area contributed by atoms with E-state index in [-0.39, 0.29) is 17.6 Å². The highest BCUT2D eigenvalue weighted by Gasteiger charge is 2.41. The molecule has 70 valence electrons. The number of carbonyl (C=O) groups excluding carboxylic acids is 2. The highest BCUT2D eigenvalue weighted by atomic mass is 16.1. The Kier molecular flexibility index (Phi) is 2.06. The molecule has 0 aromatic rings. The number of Topliss-reactive ketones (excluding diaryl/α,β-unsaturated/α-hetero) is 2. The van der Waals surface area contributed by atoms with Gasteiger partial charge in [-0.1, -0.05) is 12.2 Å². The summed E-state index contributed by atoms with van der Waals surface area (Å²) in [6.07, 6.45) is 6.57. The van der Waals surface area contributed by atoms with E-state index in [1.165, 1.54) is 0 Å². The molecule has 1 fully saturated rings. The smallest absolute Gasteiger partial charge is 0.137 e. The lowest BCUT2D eigenvalue weighted by Crippen LogP contribution is -2.30. The van der Waals surface area contributed by atoms with Crippen molar-refractivity contribution < 1.29 is 9.59 Å². The Balaban J connectivity index is 2.27. The van der Waals surface area contributed by atoms with Gasteiger partial charge in [-0.05, 0) is 25.7 Å². The van der Waals surface area contributed by atoms with Crippen molar-refractivity contribution in [2.45, 2.75) is 26.2 Å². The molecule has 0 saturated heterocycles. The molecule has 2 rings (SSSR count). The Morgan fingerprint density at radius 3 is 3.00 bits per heavy atom. The van der Waals surface area contributed by atoms with Crippen molar-refractivity contribution in [3.63, 3.8) is 0 Å². The summed E-state index contributed by atoms with van der Waals surface area (Å²) in [5.41, 5.74) is 0. The van der Waals surface area contributed by atoms with Gasteiger partial charge in [0.25, 0.3) is 0 Å². The van der Waals surface area contributed by atoms with E-state index in [9.17, 15) is 9.59 Å². The van der Waals surface area contributed by atoms with Crippen LogP contribution in [0, 0.1) is 17.8 Å². The van der Waals surface area contributed by atoms with E-state index >= 15 is 0 Å². The van der Waals surface area contributed by atoms with E-state index in [0.717, 1.165) is 12.8 Å². The number of hydrogen-bond acceptors (Lipinski definition) is 2. The molecule has 0 bridgehead atoms. The number of fused-ring (bicyclic) bond motifs is 1. The van der Waals surface area contributed by atoms with Crippen LogP contribution in [0.1, 0.15) is 26.2 Å². The molecule has 13 heavy (non-hydrogen) atoms. The van der Waals surface area contributed by atoms with E-state index in [4.69, 9.17) is 0 Å². The summed E-state index contributed by atoms with van der Waals surface area (Å²) in [6, 6.07) is 0. The largest absolute Gasteiger partial charge is 0.300 e. The standard InChI is InChI=1S/C11H14O2/c1-7(12)9-4-2-3-8-5-6-10(13)11(8)9/h2-3,8-9,11H,4-6H2,1H3/t8-,9+,11-/m1/s1. The van der Waals surface area contributed by atoms with Crippen molar-refractivity contribution in [3.8, 4) is 0 Å². The lowest BCUT2D eigenvalue weighted by molar-refractivity contribution is -0.130. The summed E-state index contributed by atoms with van der Waals surface area (Å²) in [6.45, 7) is 1.60. The first-order chi connectivity index (χ1) is 6.20. The minimum atomic E-state index is -0.0231. The van der Waals surface area contributed by atoms with Crippen LogP contribution in [-0.4, -0.2) is 11.6 Å². The number of ketones is 2. The Hall–Kier alpha value is -0.920. The van der Waals surface area contributed by atoms with Gasteiger partial charge in [-0.15, -0.1) is 0 Å². The van der Waals surface area contributed by atoms with Gasteiger partial charge in [-0.25, -0.2) is 0 Å². The van der Waals surface area contributed by atoms with Gasteiger partial charge in [0.15, 0.2) is 0 Å². The second kappa shape index (κ2) is 3.09. The molecule has 2 aliphatic carbocycles. The van der Waals surface area contributed by atoms with Crippen LogP contribution in [0.5, 0.6) is 0 Å². The van der Waals surface area contributed by atoms with Gasteiger partial charge in [0.1, 0.15) is 11.6 Å². The van der Waals surface area contributed by atoms with Gasteiger partial charge in [-0.3, -0.25) is 9.59 Å². The molecule has 0 aromatic carbocycles. The molecule has 0 heterocycles. The fourth-order valence-electron chi connectivity index (χ4n) is 2.60. The van der Waals surface area contributed by atoms with Crippen LogP contribution < -0.4 is 0 Å². The Labute approximate surface area is 78.0 Å². The number of rotatable bonds is 1. The van der Waals surface area contributed by atoms with E-state index < -0.39 is 0 Å². The van der Waals surface area contributed by atoms with Crippen LogP contribution in [0.15, 0.2) is 12.2 Å². The summed E-state index contributed by atoms with van der Waals surface area (Å²) in [5.74, 6) is 0.826. The van der Waals surface area contributed by atoms with E-state index in [0.29, 0.717) is 18.1 Å². The van der Waals surface area contributed by atoms with Crippen molar-refractivity contribution >= 4 is 11.6 Å². The van der Waals surface area contributed by atoms with E-state index in [1.807, 2.05) is 0 Å². The molecule has 2 nitrogen and oxygen atoms in total. The first-order valence-corrected chi connectivity index (χ1v) is 4.90. The minimum Gasteiger partial charge on any atom is -0.300 e. The summed E-state index contributed by atoms with van der Waals surface area (Å²) >= 11 is 0. The summed E-state index contributed by atoms with van der Waals surface area (Å²) in [7, 11) is 0. The first kappa shape index (κ1) is 8.67. The normalized spacial score (nSPS) is 37.6. The lowest BCUT2D eigenvalue weighted by atomic mass is 9.76. The Bertz CT molecular complexity index is 278. The summed E-state index contributed by atoms with van der Waals surface area (Å²) in [5, 5.41) is 0. The van der Waals surface area contributed by atoms with Gasteiger partial charge in [0.05, 0.1) is 0 Å². The van der Waals surface area contributed by atoms with Gasteiger partial charge in [0, 0.05) is 18.3 Å². The molecule has 2 aliphatic rings. The van der Waals surface area contributed by atoms with Gasteiger partial charge in [0.2, 0.25) is 0 Å². The maximum atomic E-state index is 11.5. The van der Waals surface area contributed by atoms with Crippen LogP contribution in [0.25, 0.3) is 0 Å². The molecule has 0 spiro atoms. The molecule has 2 heteroatoms. The molecule has 0 radical (unpaired) electrons. The topological polar surface area (TPSA) is 34.1 Å². The zero-order valence-electron chi connectivity index (χ0n) is 7.82. The maximum absolute atomic E-state index is 11.5. The fourth-order valence-corrected chi connectivity index (χ4v) is 2.60. The molecular formula is C11H14O2. The van der Waals surface area contributed by atoms with Gasteiger partial charge >= 0.3 is 0 Å². The van der Waals surface area contributed by atoms with Crippen molar-refractivity contribution in [1.82, 2.24) is 0 Å². The predicted molar refractivity (Wildman–Crippen MR) is 49.1 cm³/mol. The zero-order chi connectivity index (χ0) is 9.42. The molecule has 0 N–H and O–H groups in total. The van der Waals surface area contributed by atoms with E-state index in [2.05, 4.69) is 12.2 Å². The minimum absolute atomic E-state index is 0.0162. The summed E-state index contributed by atoms with van der Waals surface area (Å²) < 4.78 is 0. The van der Waals surface area contributed by atoms with E-state index in [1.54, 1.807) is 6.92 Å². The molecule has 0 aromatic heterocycles. The molecule has 1 saturated carbocycles. The van der Waals surface area contributed by atoms with Gasteiger partial charge in [-0.2, -0.15) is 0 Å². The van der Waals surface area contributed by atoms with Crippen molar-refractivity contribution in [2.24, 2.45) is 17.8 Å². The number of hydrogen-bond donors (Lipinski definition) is 0. The third-order valence-electron chi connectivity index (χ3n) is 3.29. The average Bonchev–Trinajstić information content (AvgIpc) is 2.48. The fraction of sp³-hybridized carbons (Fsp3) is 0.636. The van der Waals surface area contributed by atoms with Crippen LogP contribution in [0.3, 0.4) is 0 Å². The molecular weight excluding hydrogens is 164 g/mol. The quantitative estimate of drug-likeness (QED) is 0.573. The van der Waals surface area contributed by atoms with Crippen LogP contribution in [0.4, 0.5) is 0 Å². The van der Waals surface area contributed by atoms with Crippen molar-refractivity contribution in [1.29, 1.82) is 0 Å². The molecule has 0 unspecified atom stereocenters. The Morgan fingerprint density at radius 2 is 2.31 bits per heavy atom. The number of carbonyl (C=O) groups is 2. The second-order valence-electron chi connectivity index (χ2n) is 4.08. The second-order valence-corrected chi connectivity index (χ2v) is 4.08. The predicted octanol–water partition coefficient (Wildman–Crippen LogP) is 1.75. The van der Waals surface area contributed by atoms with Crippen LogP contribution in [-0.2, 0) is 9.59 Å². The zero-order valence-corrected chi connectivity index (χ0v) is 7.82. The van der Waals surface area contributed by atoms with Crippen molar-refractivity contribution in [2.75, 3.05) is 0 Å². The molecule has 0 amide bonds. The third-order valence-corrected chi connectivity index (χ3v) is 3.29. The highest BCUT2D eigenvalue weighted by molar-refractivity contribution is 5.91. The van der Waals surface area contributed by atoms with Crippen LogP contribution in [0.2, 0.25) is 0 Å². The SMILES string of the molecule is CC(=O)[C@@H]1CC=C[C@@H]2CCC(=O)[C@H]21. The van der Waals surface area contributed by atoms with Crippen molar-refractivity contribution in [3.05, 3.63) is 12.2 Å².